The van der Waals surface area contributed by atoms with Crippen molar-refractivity contribution in [3.05, 3.63) is 56.4 Å². The van der Waals surface area contributed by atoms with Gasteiger partial charge >= 0.3 is 0 Å². The predicted molar refractivity (Wildman–Crippen MR) is 100 cm³/mol. The first kappa shape index (κ1) is 15.8. The summed E-state index contributed by atoms with van der Waals surface area (Å²) >= 11 is 5.03. The molecule has 0 radical (unpaired) electrons. The largest absolute Gasteiger partial charge is 0.378 e. The lowest BCUT2D eigenvalue weighted by Crippen LogP contribution is -2.37. The molecule has 1 aromatic carbocycles. The molecule has 3 heterocycles. The number of anilines is 1. The van der Waals surface area contributed by atoms with Crippen LogP contribution in [0.2, 0.25) is 0 Å². The number of fused-ring (bicyclic) bond motifs is 1. The van der Waals surface area contributed by atoms with Crippen LogP contribution in [-0.2, 0) is 11.3 Å². The van der Waals surface area contributed by atoms with Crippen LogP contribution in [0.1, 0.15) is 5.56 Å². The number of ether oxygens (including phenoxy) is 1. The SMILES string of the molecule is O=c1c2ccsc2ncn1Cc1cc(Br)ccc1N1CCOCC1. The molecule has 4 rings (SSSR count). The second-order valence-corrected chi connectivity index (χ2v) is 7.50. The molecular weight excluding hydrogens is 390 g/mol. The van der Waals surface area contributed by atoms with Crippen molar-refractivity contribution >= 4 is 43.2 Å². The fraction of sp³-hybridized carbons (Fsp3) is 0.294. The Morgan fingerprint density at radius 1 is 1.25 bits per heavy atom. The van der Waals surface area contributed by atoms with Crippen molar-refractivity contribution in [1.29, 1.82) is 0 Å². The zero-order chi connectivity index (χ0) is 16.5. The molecule has 1 saturated heterocycles. The van der Waals surface area contributed by atoms with E-state index in [0.29, 0.717) is 11.9 Å². The van der Waals surface area contributed by atoms with Crippen molar-refractivity contribution in [3.63, 3.8) is 0 Å². The number of hydrogen-bond donors (Lipinski definition) is 0. The molecule has 1 aliphatic rings. The number of morpholine rings is 1. The highest BCUT2D eigenvalue weighted by Gasteiger charge is 2.16. The molecule has 7 heteroatoms. The molecule has 3 aromatic rings. The van der Waals surface area contributed by atoms with E-state index in [1.165, 1.54) is 11.3 Å². The molecule has 0 spiro atoms. The van der Waals surface area contributed by atoms with Gasteiger partial charge in [-0.15, -0.1) is 11.3 Å². The highest BCUT2D eigenvalue weighted by molar-refractivity contribution is 9.10. The van der Waals surface area contributed by atoms with E-state index in [2.05, 4.69) is 37.9 Å². The van der Waals surface area contributed by atoms with Gasteiger partial charge in [-0.2, -0.15) is 0 Å². The van der Waals surface area contributed by atoms with Gasteiger partial charge in [-0.05, 0) is 35.2 Å². The quantitative estimate of drug-likeness (QED) is 0.671. The van der Waals surface area contributed by atoms with Crippen LogP contribution in [-0.4, -0.2) is 35.9 Å². The van der Waals surface area contributed by atoms with Crippen molar-refractivity contribution in [3.8, 4) is 0 Å². The first-order valence-electron chi connectivity index (χ1n) is 7.76. The van der Waals surface area contributed by atoms with Crippen molar-refractivity contribution < 1.29 is 4.74 Å². The Bertz CT molecular complexity index is 931. The van der Waals surface area contributed by atoms with Gasteiger partial charge in [0.05, 0.1) is 31.5 Å². The van der Waals surface area contributed by atoms with Crippen LogP contribution in [0, 0.1) is 0 Å². The number of hydrogen-bond acceptors (Lipinski definition) is 5. The Kier molecular flexibility index (Phi) is 4.39. The third-order valence-corrected chi connectivity index (χ3v) is 5.50. The van der Waals surface area contributed by atoms with Crippen LogP contribution in [0.15, 0.2) is 45.2 Å². The smallest absolute Gasteiger partial charge is 0.262 e. The summed E-state index contributed by atoms with van der Waals surface area (Å²) in [6, 6.07) is 8.06. The van der Waals surface area contributed by atoms with E-state index < -0.39 is 0 Å². The highest BCUT2D eigenvalue weighted by Crippen LogP contribution is 2.26. The van der Waals surface area contributed by atoms with E-state index in [4.69, 9.17) is 4.74 Å². The van der Waals surface area contributed by atoms with Gasteiger partial charge in [0.1, 0.15) is 4.83 Å². The Hall–Kier alpha value is -1.70. The summed E-state index contributed by atoms with van der Waals surface area (Å²) in [5.74, 6) is 0. The third-order valence-electron chi connectivity index (χ3n) is 4.18. The van der Waals surface area contributed by atoms with E-state index in [1.807, 2.05) is 17.5 Å². The average Bonchev–Trinajstić information content (AvgIpc) is 3.08. The minimum absolute atomic E-state index is 0.00848. The lowest BCUT2D eigenvalue weighted by molar-refractivity contribution is 0.122. The molecule has 124 valence electrons. The topological polar surface area (TPSA) is 47.4 Å². The normalized spacial score (nSPS) is 15.1. The van der Waals surface area contributed by atoms with Gasteiger partial charge in [0.25, 0.3) is 5.56 Å². The number of rotatable bonds is 3. The van der Waals surface area contributed by atoms with E-state index in [9.17, 15) is 4.79 Å². The van der Waals surface area contributed by atoms with E-state index in [1.54, 1.807) is 10.9 Å². The maximum atomic E-state index is 12.7. The van der Waals surface area contributed by atoms with Crippen LogP contribution < -0.4 is 10.5 Å². The van der Waals surface area contributed by atoms with Gasteiger partial charge < -0.3 is 9.64 Å². The minimum Gasteiger partial charge on any atom is -0.378 e. The maximum Gasteiger partial charge on any atom is 0.262 e. The Balaban J connectivity index is 1.73. The summed E-state index contributed by atoms with van der Waals surface area (Å²) in [4.78, 5) is 20.2. The molecule has 0 aliphatic carbocycles. The van der Waals surface area contributed by atoms with Gasteiger partial charge in [-0.3, -0.25) is 9.36 Å². The van der Waals surface area contributed by atoms with Gasteiger partial charge in [0, 0.05) is 23.2 Å². The lowest BCUT2D eigenvalue weighted by atomic mass is 10.1. The number of benzene rings is 1. The predicted octanol–water partition coefficient (Wildman–Crippen LogP) is 3.11. The fourth-order valence-electron chi connectivity index (χ4n) is 2.98. The minimum atomic E-state index is 0.00848. The molecule has 1 aliphatic heterocycles. The molecule has 24 heavy (non-hydrogen) atoms. The summed E-state index contributed by atoms with van der Waals surface area (Å²) in [5, 5.41) is 2.59. The number of halogens is 1. The van der Waals surface area contributed by atoms with Crippen LogP contribution in [0.5, 0.6) is 0 Å². The third kappa shape index (κ3) is 2.99. The van der Waals surface area contributed by atoms with Gasteiger partial charge in [0.2, 0.25) is 0 Å². The summed E-state index contributed by atoms with van der Waals surface area (Å²) in [5.41, 5.74) is 2.26. The first-order chi connectivity index (χ1) is 11.7. The highest BCUT2D eigenvalue weighted by atomic mass is 79.9. The molecule has 5 nitrogen and oxygen atoms in total. The van der Waals surface area contributed by atoms with Gasteiger partial charge in [-0.1, -0.05) is 15.9 Å². The molecule has 0 saturated carbocycles. The van der Waals surface area contributed by atoms with Gasteiger partial charge in [-0.25, -0.2) is 4.98 Å². The average molecular weight is 406 g/mol. The van der Waals surface area contributed by atoms with E-state index in [-0.39, 0.29) is 5.56 Å². The maximum absolute atomic E-state index is 12.7. The summed E-state index contributed by atoms with van der Waals surface area (Å²) in [7, 11) is 0. The second-order valence-electron chi connectivity index (χ2n) is 5.69. The first-order valence-corrected chi connectivity index (χ1v) is 9.43. The molecule has 2 aromatic heterocycles. The number of nitrogens with zero attached hydrogens (tertiary/aromatic N) is 3. The summed E-state index contributed by atoms with van der Waals surface area (Å²) in [6.07, 6.45) is 1.64. The Labute approximate surface area is 151 Å². The van der Waals surface area contributed by atoms with Gasteiger partial charge in [0.15, 0.2) is 0 Å². The zero-order valence-electron chi connectivity index (χ0n) is 12.9. The Morgan fingerprint density at radius 3 is 2.92 bits per heavy atom. The van der Waals surface area contributed by atoms with Crippen molar-refractivity contribution in [2.45, 2.75) is 6.54 Å². The molecule has 0 N–H and O–H groups in total. The second kappa shape index (κ2) is 6.66. The lowest BCUT2D eigenvalue weighted by Gasteiger charge is -2.30. The molecule has 0 bridgehead atoms. The summed E-state index contributed by atoms with van der Waals surface area (Å²) in [6.45, 7) is 3.70. The van der Waals surface area contributed by atoms with Crippen LogP contribution in [0.25, 0.3) is 10.2 Å². The number of aromatic nitrogens is 2. The van der Waals surface area contributed by atoms with Crippen LogP contribution in [0.4, 0.5) is 5.69 Å². The van der Waals surface area contributed by atoms with Crippen LogP contribution in [0.3, 0.4) is 0 Å². The van der Waals surface area contributed by atoms with Crippen molar-refractivity contribution in [2.24, 2.45) is 0 Å². The molecule has 1 fully saturated rings. The fourth-order valence-corrected chi connectivity index (χ4v) is 4.11. The molecule has 0 unspecified atom stereocenters. The zero-order valence-corrected chi connectivity index (χ0v) is 15.3. The molecular formula is C17H16BrN3O2S. The van der Waals surface area contributed by atoms with E-state index in [0.717, 1.165) is 46.9 Å². The Morgan fingerprint density at radius 2 is 2.08 bits per heavy atom. The van der Waals surface area contributed by atoms with Crippen molar-refractivity contribution in [2.75, 3.05) is 31.2 Å². The summed E-state index contributed by atoms with van der Waals surface area (Å²) < 4.78 is 8.13. The monoisotopic (exact) mass is 405 g/mol. The standard InChI is InChI=1S/C17H16BrN3O2S/c18-13-1-2-15(20-4-6-23-7-5-20)12(9-13)10-21-11-19-16-14(17(21)22)3-8-24-16/h1-3,8-9,11H,4-7,10H2. The van der Waals surface area contributed by atoms with Crippen molar-refractivity contribution in [1.82, 2.24) is 9.55 Å². The number of thiophene rings is 1. The molecule has 0 amide bonds. The van der Waals surface area contributed by atoms with Crippen LogP contribution >= 0.6 is 27.3 Å². The molecule has 0 atom stereocenters. The van der Waals surface area contributed by atoms with E-state index >= 15 is 0 Å².